The Morgan fingerprint density at radius 3 is 2.57 bits per heavy atom. The molecule has 1 heterocycles. The van der Waals surface area contributed by atoms with Crippen molar-refractivity contribution in [3.63, 3.8) is 0 Å². The van der Waals surface area contributed by atoms with Gasteiger partial charge < -0.3 is 5.32 Å². The van der Waals surface area contributed by atoms with Gasteiger partial charge in [0.15, 0.2) is 0 Å². The van der Waals surface area contributed by atoms with Crippen molar-refractivity contribution in [2.45, 2.75) is 13.0 Å². The number of carbonyl (C=O) groups excluding carboxylic acids is 1. The topological polar surface area (TPSA) is 66.4 Å². The summed E-state index contributed by atoms with van der Waals surface area (Å²) in [5.41, 5.74) is 4.25. The highest BCUT2D eigenvalue weighted by Crippen LogP contribution is 2.14. The van der Waals surface area contributed by atoms with Crippen molar-refractivity contribution >= 4 is 33.7 Å². The van der Waals surface area contributed by atoms with Crippen molar-refractivity contribution in [2.24, 2.45) is 5.10 Å². The van der Waals surface area contributed by atoms with Gasteiger partial charge in [-0.1, -0.05) is 15.9 Å². The normalized spacial score (nSPS) is 12.1. The number of nitrogens with zero attached hydrogens (tertiary/aromatic N) is 2. The fourth-order valence-electron chi connectivity index (χ4n) is 1.58. The lowest BCUT2D eigenvalue weighted by Gasteiger charge is -2.13. The molecule has 0 fully saturated rings. The lowest BCUT2D eigenvalue weighted by Crippen LogP contribution is -2.34. The van der Waals surface area contributed by atoms with Gasteiger partial charge in [0.05, 0.1) is 6.21 Å². The molecule has 1 aromatic heterocycles. The van der Waals surface area contributed by atoms with E-state index in [1.54, 1.807) is 37.7 Å². The molecule has 0 saturated carbocycles. The number of amides is 1. The molecule has 0 bridgehead atoms. The number of aromatic nitrogens is 1. The lowest BCUT2D eigenvalue weighted by atomic mass is 10.2. The van der Waals surface area contributed by atoms with Crippen LogP contribution in [0.5, 0.6) is 0 Å². The predicted octanol–water partition coefficient (Wildman–Crippen LogP) is 2.79. The number of pyridine rings is 1. The summed E-state index contributed by atoms with van der Waals surface area (Å²) in [4.78, 5) is 15.8. The smallest absolute Gasteiger partial charge is 0.262 e. The van der Waals surface area contributed by atoms with Crippen molar-refractivity contribution in [1.82, 2.24) is 10.4 Å². The first-order valence-corrected chi connectivity index (χ1v) is 7.19. The standard InChI is InChI=1S/C15H15BrN4O/c1-11(19-14-4-2-13(16)3-5-14)15(21)20-18-10-12-6-8-17-9-7-12/h2-11,19H,1H3,(H,20,21)/b18-10-/t11-/m1/s1. The Balaban J connectivity index is 1.85. The molecule has 1 aromatic carbocycles. The van der Waals surface area contributed by atoms with Gasteiger partial charge in [0.25, 0.3) is 5.91 Å². The molecule has 0 aliphatic carbocycles. The molecule has 0 aliphatic heterocycles. The number of nitrogens with one attached hydrogen (secondary N) is 2. The zero-order valence-electron chi connectivity index (χ0n) is 11.5. The zero-order chi connectivity index (χ0) is 15.1. The molecule has 2 N–H and O–H groups in total. The summed E-state index contributed by atoms with van der Waals surface area (Å²) >= 11 is 3.37. The number of hydrogen-bond acceptors (Lipinski definition) is 4. The fraction of sp³-hybridized carbons (Fsp3) is 0.133. The first-order valence-electron chi connectivity index (χ1n) is 6.40. The number of anilines is 1. The van der Waals surface area contributed by atoms with Crippen LogP contribution in [0.2, 0.25) is 0 Å². The predicted molar refractivity (Wildman–Crippen MR) is 87.2 cm³/mol. The first-order chi connectivity index (χ1) is 10.1. The summed E-state index contributed by atoms with van der Waals surface area (Å²) in [6.07, 6.45) is 4.91. The molecule has 21 heavy (non-hydrogen) atoms. The van der Waals surface area contributed by atoms with E-state index in [2.05, 4.69) is 36.8 Å². The van der Waals surface area contributed by atoms with Crippen LogP contribution in [-0.4, -0.2) is 23.1 Å². The third-order valence-corrected chi connectivity index (χ3v) is 3.24. The third kappa shape index (κ3) is 5.00. The summed E-state index contributed by atoms with van der Waals surface area (Å²) in [5, 5.41) is 7.02. The number of benzene rings is 1. The van der Waals surface area contributed by atoms with Gasteiger partial charge in [-0.2, -0.15) is 5.10 Å². The maximum absolute atomic E-state index is 11.9. The van der Waals surface area contributed by atoms with Crippen LogP contribution in [-0.2, 0) is 4.79 Å². The van der Waals surface area contributed by atoms with Crippen LogP contribution in [0.3, 0.4) is 0 Å². The molecule has 0 aliphatic rings. The SMILES string of the molecule is C[C@@H](Nc1ccc(Br)cc1)C(=O)N/N=C\c1ccncc1. The van der Waals surface area contributed by atoms with Crippen molar-refractivity contribution in [3.05, 3.63) is 58.8 Å². The molecule has 108 valence electrons. The summed E-state index contributed by atoms with van der Waals surface area (Å²) in [6.45, 7) is 1.78. The van der Waals surface area contributed by atoms with Crippen LogP contribution in [0.15, 0.2) is 58.4 Å². The van der Waals surface area contributed by atoms with E-state index >= 15 is 0 Å². The molecule has 6 heteroatoms. The van der Waals surface area contributed by atoms with Crippen LogP contribution >= 0.6 is 15.9 Å². The summed E-state index contributed by atoms with van der Waals surface area (Å²) < 4.78 is 0.993. The van der Waals surface area contributed by atoms with E-state index in [1.807, 2.05) is 24.3 Å². The van der Waals surface area contributed by atoms with E-state index < -0.39 is 0 Å². The highest BCUT2D eigenvalue weighted by molar-refractivity contribution is 9.10. The van der Waals surface area contributed by atoms with Crippen molar-refractivity contribution < 1.29 is 4.79 Å². The molecule has 0 spiro atoms. The maximum Gasteiger partial charge on any atom is 0.262 e. The van der Waals surface area contributed by atoms with Gasteiger partial charge in [0.1, 0.15) is 6.04 Å². The Morgan fingerprint density at radius 1 is 1.24 bits per heavy atom. The highest BCUT2D eigenvalue weighted by Gasteiger charge is 2.11. The van der Waals surface area contributed by atoms with Crippen molar-refractivity contribution in [1.29, 1.82) is 0 Å². The van der Waals surface area contributed by atoms with Gasteiger partial charge in [-0.3, -0.25) is 9.78 Å². The number of hydrogen-bond donors (Lipinski definition) is 2. The molecule has 2 aromatic rings. The first kappa shape index (κ1) is 15.2. The van der Waals surface area contributed by atoms with Crippen molar-refractivity contribution in [2.75, 3.05) is 5.32 Å². The number of carbonyl (C=O) groups is 1. The average molecular weight is 347 g/mol. The van der Waals surface area contributed by atoms with Crippen LogP contribution in [0.1, 0.15) is 12.5 Å². The van der Waals surface area contributed by atoms with Gasteiger partial charge in [0, 0.05) is 22.6 Å². The monoisotopic (exact) mass is 346 g/mol. The quantitative estimate of drug-likeness (QED) is 0.646. The van der Waals surface area contributed by atoms with Crippen LogP contribution in [0.4, 0.5) is 5.69 Å². The molecule has 1 atom stereocenters. The number of halogens is 1. The van der Waals surface area contributed by atoms with Gasteiger partial charge in [-0.05, 0) is 48.9 Å². The Morgan fingerprint density at radius 2 is 1.90 bits per heavy atom. The Labute approximate surface area is 131 Å². The zero-order valence-corrected chi connectivity index (χ0v) is 13.0. The van der Waals surface area contributed by atoms with Crippen LogP contribution in [0.25, 0.3) is 0 Å². The summed E-state index contributed by atoms with van der Waals surface area (Å²) in [6, 6.07) is 10.8. The highest BCUT2D eigenvalue weighted by atomic mass is 79.9. The Bertz CT molecular complexity index is 613. The molecule has 0 unspecified atom stereocenters. The summed E-state index contributed by atoms with van der Waals surface area (Å²) in [5.74, 6) is -0.205. The van der Waals surface area contributed by atoms with Crippen molar-refractivity contribution in [3.8, 4) is 0 Å². The minimum atomic E-state index is -0.388. The fourth-order valence-corrected chi connectivity index (χ4v) is 1.84. The Hall–Kier alpha value is -2.21. The third-order valence-electron chi connectivity index (χ3n) is 2.72. The van der Waals surface area contributed by atoms with Gasteiger partial charge >= 0.3 is 0 Å². The molecule has 2 rings (SSSR count). The number of hydrazone groups is 1. The average Bonchev–Trinajstić information content (AvgIpc) is 2.50. The molecular formula is C15H15BrN4O. The maximum atomic E-state index is 11.9. The van der Waals surface area contributed by atoms with Crippen LogP contribution in [0, 0.1) is 0 Å². The second-order valence-corrected chi connectivity index (χ2v) is 5.30. The van der Waals surface area contributed by atoms with E-state index in [9.17, 15) is 4.79 Å². The van der Waals surface area contributed by atoms with Gasteiger partial charge in [-0.25, -0.2) is 5.43 Å². The van der Waals surface area contributed by atoms with Gasteiger partial charge in [-0.15, -0.1) is 0 Å². The van der Waals surface area contributed by atoms with E-state index in [1.165, 1.54) is 0 Å². The van der Waals surface area contributed by atoms with E-state index in [-0.39, 0.29) is 11.9 Å². The van der Waals surface area contributed by atoms with E-state index in [4.69, 9.17) is 0 Å². The number of rotatable bonds is 5. The second-order valence-electron chi connectivity index (χ2n) is 4.39. The summed E-state index contributed by atoms with van der Waals surface area (Å²) in [7, 11) is 0. The molecular weight excluding hydrogens is 332 g/mol. The van der Waals surface area contributed by atoms with E-state index in [0.717, 1.165) is 15.7 Å². The minimum absolute atomic E-state index is 0.205. The minimum Gasteiger partial charge on any atom is -0.374 e. The molecule has 5 nitrogen and oxygen atoms in total. The lowest BCUT2D eigenvalue weighted by molar-refractivity contribution is -0.121. The largest absolute Gasteiger partial charge is 0.374 e. The molecule has 1 amide bonds. The van der Waals surface area contributed by atoms with E-state index in [0.29, 0.717) is 0 Å². The van der Waals surface area contributed by atoms with Crippen LogP contribution < -0.4 is 10.7 Å². The second kappa shape index (κ2) is 7.54. The molecule has 0 radical (unpaired) electrons. The Kier molecular flexibility index (Phi) is 5.45. The molecule has 0 saturated heterocycles. The van der Waals surface area contributed by atoms with Gasteiger partial charge in [0.2, 0.25) is 0 Å².